The Morgan fingerprint density at radius 3 is 2.52 bits per heavy atom. The molecule has 0 spiro atoms. The first-order valence-corrected chi connectivity index (χ1v) is 17.9. The van der Waals surface area contributed by atoms with E-state index in [2.05, 4.69) is 11.1 Å². The molecule has 2 aromatic carbocycles. The number of hydrogen-bond acceptors (Lipinski definition) is 10. The molecule has 2 aliphatic carbocycles. The smallest absolute Gasteiger partial charge is 0.222 e. The van der Waals surface area contributed by atoms with Crippen molar-refractivity contribution in [1.29, 1.82) is 0 Å². The van der Waals surface area contributed by atoms with Gasteiger partial charge in [0.25, 0.3) is 0 Å². The summed E-state index contributed by atoms with van der Waals surface area (Å²) in [5.41, 5.74) is 3.58. The number of halogens is 1. The number of aromatic nitrogens is 1. The minimum atomic E-state index is -1.73. The molecule has 48 heavy (non-hydrogen) atoms. The van der Waals surface area contributed by atoms with Crippen molar-refractivity contribution in [2.45, 2.75) is 93.1 Å². The minimum Gasteiger partial charge on any atom is -0.490 e. The van der Waals surface area contributed by atoms with Crippen LogP contribution in [0.3, 0.4) is 0 Å². The molecule has 0 saturated heterocycles. The number of amides is 1. The van der Waals surface area contributed by atoms with Gasteiger partial charge in [-0.2, -0.15) is 0 Å². The SMILES string of the molecule is CCN(C[C@H](O)[C@@H](O)[C@H](O)[C@H](O)CO)C(=O)CCCSc1ccc(Cl)c(COC2(c3cnccc3-c3ccccc3OC3CC3)CC2)c1. The lowest BCUT2D eigenvalue weighted by atomic mass is 9.96. The maximum atomic E-state index is 12.8. The number of aliphatic hydroxyl groups excluding tert-OH is 5. The Hall–Kier alpha value is -2.74. The predicted molar refractivity (Wildman–Crippen MR) is 184 cm³/mol. The van der Waals surface area contributed by atoms with E-state index in [4.69, 9.17) is 26.2 Å². The average molecular weight is 701 g/mol. The van der Waals surface area contributed by atoms with Crippen molar-refractivity contribution < 1.29 is 39.8 Å². The third-order valence-electron chi connectivity index (χ3n) is 8.80. The summed E-state index contributed by atoms with van der Waals surface area (Å²) in [6.45, 7) is 1.43. The molecule has 2 aliphatic rings. The quantitative estimate of drug-likeness (QED) is 0.0904. The number of benzene rings is 2. The Labute approximate surface area is 290 Å². The van der Waals surface area contributed by atoms with Crippen molar-refractivity contribution >= 4 is 29.3 Å². The average Bonchev–Trinajstić information content (AvgIpc) is 4.05. The summed E-state index contributed by atoms with van der Waals surface area (Å²) >= 11 is 8.21. The van der Waals surface area contributed by atoms with Gasteiger partial charge in [-0.05, 0) is 86.2 Å². The highest BCUT2D eigenvalue weighted by Crippen LogP contribution is 2.53. The number of carbonyl (C=O) groups is 1. The van der Waals surface area contributed by atoms with Crippen molar-refractivity contribution in [2.24, 2.45) is 0 Å². The fourth-order valence-corrected chi connectivity index (χ4v) is 6.68. The highest BCUT2D eigenvalue weighted by atomic mass is 35.5. The van der Waals surface area contributed by atoms with Gasteiger partial charge in [0.2, 0.25) is 5.91 Å². The second kappa shape index (κ2) is 16.8. The molecule has 1 amide bonds. The van der Waals surface area contributed by atoms with E-state index < -0.39 is 36.6 Å². The van der Waals surface area contributed by atoms with Crippen molar-refractivity contribution in [3.63, 3.8) is 0 Å². The number of likely N-dealkylation sites (N-methyl/N-ethyl adjacent to an activating group) is 1. The maximum absolute atomic E-state index is 12.8. The van der Waals surface area contributed by atoms with Crippen LogP contribution in [-0.4, -0.2) is 97.3 Å². The van der Waals surface area contributed by atoms with E-state index in [0.29, 0.717) is 30.3 Å². The van der Waals surface area contributed by atoms with Gasteiger partial charge in [0.15, 0.2) is 0 Å². The van der Waals surface area contributed by atoms with Gasteiger partial charge in [0, 0.05) is 52.9 Å². The molecular formula is C36H45ClN2O8S. The minimum absolute atomic E-state index is 0.196. The molecular weight excluding hydrogens is 656 g/mol. The molecule has 0 bridgehead atoms. The second-order valence-electron chi connectivity index (χ2n) is 12.5. The van der Waals surface area contributed by atoms with Crippen LogP contribution in [0, 0.1) is 0 Å². The zero-order valence-electron chi connectivity index (χ0n) is 27.1. The van der Waals surface area contributed by atoms with Crippen LogP contribution < -0.4 is 4.74 Å². The number of pyridine rings is 1. The fraction of sp³-hybridized carbons (Fsp3) is 0.500. The predicted octanol–water partition coefficient (Wildman–Crippen LogP) is 4.31. The molecule has 3 aromatic rings. The molecule has 4 atom stereocenters. The first-order chi connectivity index (χ1) is 23.2. The highest BCUT2D eigenvalue weighted by molar-refractivity contribution is 7.99. The van der Waals surface area contributed by atoms with E-state index in [1.165, 1.54) is 4.90 Å². The van der Waals surface area contributed by atoms with Gasteiger partial charge in [-0.25, -0.2) is 0 Å². The van der Waals surface area contributed by atoms with Crippen LogP contribution in [0.2, 0.25) is 5.02 Å². The summed E-state index contributed by atoms with van der Waals surface area (Å²) in [6, 6.07) is 16.0. The zero-order chi connectivity index (χ0) is 34.3. The van der Waals surface area contributed by atoms with Gasteiger partial charge in [-0.15, -0.1) is 11.8 Å². The zero-order valence-corrected chi connectivity index (χ0v) is 28.7. The van der Waals surface area contributed by atoms with Crippen LogP contribution in [0.4, 0.5) is 0 Å². The number of carbonyl (C=O) groups excluding carboxylic acids is 1. The molecule has 0 aliphatic heterocycles. The number of nitrogens with zero attached hydrogens (tertiary/aromatic N) is 2. The Morgan fingerprint density at radius 2 is 1.81 bits per heavy atom. The summed E-state index contributed by atoms with van der Waals surface area (Å²) in [4.78, 5) is 19.7. The van der Waals surface area contributed by atoms with Crippen molar-refractivity contribution in [2.75, 3.05) is 25.4 Å². The Morgan fingerprint density at radius 1 is 1.06 bits per heavy atom. The summed E-state index contributed by atoms with van der Waals surface area (Å²) in [6.07, 6.45) is 2.22. The molecule has 260 valence electrons. The second-order valence-corrected chi connectivity index (χ2v) is 14.0. The monoisotopic (exact) mass is 700 g/mol. The van der Waals surface area contributed by atoms with Crippen LogP contribution in [0.25, 0.3) is 11.1 Å². The van der Waals surface area contributed by atoms with Crippen LogP contribution in [-0.2, 0) is 21.7 Å². The Bertz CT molecular complexity index is 1520. The molecule has 0 unspecified atom stereocenters. The van der Waals surface area contributed by atoms with Crippen LogP contribution in [0.5, 0.6) is 5.75 Å². The third kappa shape index (κ3) is 9.28. The fourth-order valence-electron chi connectivity index (χ4n) is 5.60. The first kappa shape index (κ1) is 36.5. The number of ether oxygens (including phenoxy) is 2. The molecule has 2 saturated carbocycles. The van der Waals surface area contributed by atoms with Crippen molar-refractivity contribution in [3.05, 3.63) is 77.1 Å². The maximum Gasteiger partial charge on any atom is 0.222 e. The Kier molecular flexibility index (Phi) is 12.8. The lowest BCUT2D eigenvalue weighted by Crippen LogP contribution is -2.50. The number of aliphatic hydroxyl groups is 5. The van der Waals surface area contributed by atoms with E-state index in [-0.39, 0.29) is 25.0 Å². The topological polar surface area (TPSA) is 153 Å². The molecule has 12 heteroatoms. The molecule has 1 aromatic heterocycles. The number of rotatable bonds is 19. The summed E-state index contributed by atoms with van der Waals surface area (Å²) < 4.78 is 12.8. The molecule has 5 rings (SSSR count). The normalized spacial score (nSPS) is 17.7. The van der Waals surface area contributed by atoms with Crippen LogP contribution in [0.15, 0.2) is 65.8 Å². The number of thioether (sulfide) groups is 1. The summed E-state index contributed by atoms with van der Waals surface area (Å²) in [5, 5.41) is 49.4. The first-order valence-electron chi connectivity index (χ1n) is 16.5. The van der Waals surface area contributed by atoms with Gasteiger partial charge < -0.3 is 39.9 Å². The largest absolute Gasteiger partial charge is 0.490 e. The summed E-state index contributed by atoms with van der Waals surface area (Å²) in [7, 11) is 0. The van der Waals surface area contributed by atoms with E-state index in [0.717, 1.165) is 58.6 Å². The molecule has 0 radical (unpaired) electrons. The lowest BCUT2D eigenvalue weighted by molar-refractivity contribution is -0.139. The molecule has 2 fully saturated rings. The van der Waals surface area contributed by atoms with Gasteiger partial charge in [0.05, 0.1) is 24.9 Å². The van der Waals surface area contributed by atoms with E-state index in [9.17, 15) is 25.2 Å². The van der Waals surface area contributed by atoms with E-state index >= 15 is 0 Å². The number of hydrogen-bond donors (Lipinski definition) is 5. The summed E-state index contributed by atoms with van der Waals surface area (Å²) in [5.74, 6) is 1.35. The van der Waals surface area contributed by atoms with E-state index in [1.807, 2.05) is 48.7 Å². The lowest BCUT2D eigenvalue weighted by Gasteiger charge is -2.30. The molecule has 10 nitrogen and oxygen atoms in total. The standard InChI is InChI=1S/C36H45ClN2O8S/c1-2-39(20-30(41)34(44)35(45)31(42)21-40)33(43)8-5-17-48-25-11-12-29(37)23(18-25)22-46-36(14-15-36)28-19-38-16-13-26(28)27-6-3-4-7-32(27)47-24-9-10-24/h3-4,6-7,11-13,16,18-19,24,30-31,34-35,40-42,44-45H,2,5,8-10,14-15,17,20-22H2,1H3/t30-,31+,34+,35+/m0/s1. The van der Waals surface area contributed by atoms with Gasteiger partial charge in [0.1, 0.15) is 30.2 Å². The Balaban J connectivity index is 1.14. The highest BCUT2D eigenvalue weighted by Gasteiger charge is 2.48. The molecule has 5 N–H and O–H groups in total. The van der Waals surface area contributed by atoms with Gasteiger partial charge >= 0.3 is 0 Å². The molecule has 1 heterocycles. The van der Waals surface area contributed by atoms with Crippen LogP contribution in [0.1, 0.15) is 56.6 Å². The third-order valence-corrected chi connectivity index (χ3v) is 10.3. The van der Waals surface area contributed by atoms with Crippen molar-refractivity contribution in [1.82, 2.24) is 9.88 Å². The van der Waals surface area contributed by atoms with Gasteiger partial charge in [-0.3, -0.25) is 9.78 Å². The van der Waals surface area contributed by atoms with E-state index in [1.54, 1.807) is 24.9 Å². The number of para-hydroxylation sites is 1. The van der Waals surface area contributed by atoms with Crippen molar-refractivity contribution in [3.8, 4) is 16.9 Å². The van der Waals surface area contributed by atoms with Gasteiger partial charge in [-0.1, -0.05) is 29.8 Å². The van der Waals surface area contributed by atoms with Crippen LogP contribution >= 0.6 is 23.4 Å².